The first-order chi connectivity index (χ1) is 5.54. The van der Waals surface area contributed by atoms with E-state index in [1.807, 2.05) is 0 Å². The van der Waals surface area contributed by atoms with Gasteiger partial charge in [-0.25, -0.2) is 13.8 Å². The second-order valence-electron chi connectivity index (χ2n) is 1.86. The van der Waals surface area contributed by atoms with Crippen molar-refractivity contribution in [1.82, 2.24) is 4.98 Å². The largest absolute Gasteiger partial charge is 0.275 e. The zero-order chi connectivity index (χ0) is 9.30. The van der Waals surface area contributed by atoms with E-state index in [-0.39, 0.29) is 0 Å². The van der Waals surface area contributed by atoms with Crippen LogP contribution in [0.1, 0.15) is 10.4 Å². The molecule has 1 rings (SSSR count). The Morgan fingerprint density at radius 3 is 2.42 bits per heavy atom. The maximum Gasteiger partial charge on any atom is 0.260 e. The molecule has 0 unspecified atom stereocenters. The number of nitrogens with zero attached hydrogens (tertiary/aromatic N) is 1. The predicted molar refractivity (Wildman–Crippen MR) is 34.3 cm³/mol. The molecule has 0 saturated heterocycles. The van der Waals surface area contributed by atoms with Gasteiger partial charge in [-0.3, -0.25) is 4.79 Å². The van der Waals surface area contributed by atoms with Gasteiger partial charge in [-0.2, -0.15) is 4.39 Å². The van der Waals surface area contributed by atoms with Gasteiger partial charge in [-0.05, 0) is 11.6 Å². The van der Waals surface area contributed by atoms with E-state index < -0.39 is 28.4 Å². The fourth-order valence-corrected chi connectivity index (χ4v) is 0.773. The monoisotopic (exact) mass is 195 g/mol. The van der Waals surface area contributed by atoms with Crippen molar-refractivity contribution in [3.63, 3.8) is 0 Å². The van der Waals surface area contributed by atoms with Gasteiger partial charge in [0, 0.05) is 0 Å². The van der Waals surface area contributed by atoms with Crippen molar-refractivity contribution < 1.29 is 18.0 Å². The summed E-state index contributed by atoms with van der Waals surface area (Å²) in [5.74, 6) is -4.46. The van der Waals surface area contributed by atoms with Crippen LogP contribution in [0.3, 0.4) is 0 Å². The molecule has 0 aliphatic carbocycles. The molecule has 0 aliphatic heterocycles. The molecule has 0 fully saturated rings. The maximum atomic E-state index is 12.6. The first-order valence-electron chi connectivity index (χ1n) is 2.73. The fourth-order valence-electron chi connectivity index (χ4n) is 0.612. The highest BCUT2D eigenvalue weighted by molar-refractivity contribution is 6.67. The van der Waals surface area contributed by atoms with Crippen molar-refractivity contribution in [1.29, 1.82) is 0 Å². The third-order valence-corrected chi connectivity index (χ3v) is 1.31. The summed E-state index contributed by atoms with van der Waals surface area (Å²) in [6.07, 6.45) is 0.327. The second-order valence-corrected chi connectivity index (χ2v) is 2.20. The van der Waals surface area contributed by atoms with Gasteiger partial charge >= 0.3 is 0 Å². The Labute approximate surface area is 70.0 Å². The summed E-state index contributed by atoms with van der Waals surface area (Å²) in [4.78, 5) is 13.1. The minimum atomic E-state index is -1.62. The molecule has 1 aromatic rings. The van der Waals surface area contributed by atoms with Crippen molar-refractivity contribution in [2.45, 2.75) is 0 Å². The molecule has 0 aromatic carbocycles. The Balaban J connectivity index is 3.43. The highest BCUT2D eigenvalue weighted by Gasteiger charge is 2.19. The van der Waals surface area contributed by atoms with Gasteiger partial charge in [-0.15, -0.1) is 0 Å². The Morgan fingerprint density at radius 1 is 1.42 bits per heavy atom. The molecule has 6 heteroatoms. The van der Waals surface area contributed by atoms with Crippen LogP contribution in [0, 0.1) is 17.6 Å². The lowest BCUT2D eigenvalue weighted by atomic mass is 10.3. The van der Waals surface area contributed by atoms with E-state index in [9.17, 15) is 18.0 Å². The molecule has 0 bridgehead atoms. The lowest BCUT2D eigenvalue weighted by Gasteiger charge is -1.97. The van der Waals surface area contributed by atoms with Gasteiger partial charge in [-0.1, -0.05) is 0 Å². The Morgan fingerprint density at radius 2 is 2.00 bits per heavy atom. The molecular weight excluding hydrogens is 195 g/mol. The molecule has 0 radical (unpaired) electrons. The number of hydrogen-bond acceptors (Lipinski definition) is 2. The van der Waals surface area contributed by atoms with Crippen LogP contribution in [0.2, 0.25) is 0 Å². The van der Waals surface area contributed by atoms with E-state index in [4.69, 9.17) is 11.6 Å². The van der Waals surface area contributed by atoms with Gasteiger partial charge in [0.1, 0.15) is 5.56 Å². The lowest BCUT2D eigenvalue weighted by molar-refractivity contribution is 0.107. The van der Waals surface area contributed by atoms with Crippen LogP contribution in [0.15, 0.2) is 6.20 Å². The fraction of sp³-hybridized carbons (Fsp3) is 0. The molecule has 1 heterocycles. The minimum absolute atomic E-state index is 0.327. The van der Waals surface area contributed by atoms with Crippen LogP contribution in [0.5, 0.6) is 0 Å². The molecule has 0 N–H and O–H groups in total. The van der Waals surface area contributed by atoms with Crippen molar-refractivity contribution >= 4 is 16.8 Å². The van der Waals surface area contributed by atoms with Crippen molar-refractivity contribution in [2.75, 3.05) is 0 Å². The van der Waals surface area contributed by atoms with E-state index in [1.54, 1.807) is 0 Å². The lowest BCUT2D eigenvalue weighted by Crippen LogP contribution is -2.04. The zero-order valence-electron chi connectivity index (χ0n) is 5.44. The summed E-state index contributed by atoms with van der Waals surface area (Å²) >= 11 is 4.76. The number of halogens is 4. The topological polar surface area (TPSA) is 30.0 Å². The molecule has 2 nitrogen and oxygen atoms in total. The van der Waals surface area contributed by atoms with Gasteiger partial charge in [0.05, 0.1) is 6.20 Å². The minimum Gasteiger partial charge on any atom is -0.275 e. The van der Waals surface area contributed by atoms with Gasteiger partial charge < -0.3 is 0 Å². The number of pyridine rings is 1. The summed E-state index contributed by atoms with van der Waals surface area (Å²) in [6, 6.07) is 0. The predicted octanol–water partition coefficient (Wildman–Crippen LogP) is 1.88. The van der Waals surface area contributed by atoms with E-state index >= 15 is 0 Å². The SMILES string of the molecule is O=C(Cl)c1c(F)ncc(F)c1F. The summed E-state index contributed by atoms with van der Waals surface area (Å²) in [6.45, 7) is 0. The van der Waals surface area contributed by atoms with Crippen LogP contribution >= 0.6 is 11.6 Å². The molecular formula is C6HClF3NO. The third kappa shape index (κ3) is 1.40. The van der Waals surface area contributed by atoms with E-state index in [0.29, 0.717) is 6.20 Å². The highest BCUT2D eigenvalue weighted by Crippen LogP contribution is 2.15. The summed E-state index contributed by atoms with van der Waals surface area (Å²) < 4.78 is 37.3. The Hall–Kier alpha value is -1.10. The van der Waals surface area contributed by atoms with Gasteiger partial charge in [0.25, 0.3) is 5.24 Å². The molecule has 64 valence electrons. The molecule has 0 saturated carbocycles. The average molecular weight is 196 g/mol. The molecule has 0 amide bonds. The number of carbonyl (C=O) groups excluding carboxylic acids is 1. The Kier molecular flexibility index (Phi) is 2.32. The molecule has 0 spiro atoms. The Bertz CT molecular complexity index is 342. The quantitative estimate of drug-likeness (QED) is 0.506. The van der Waals surface area contributed by atoms with Crippen LogP contribution in [0.4, 0.5) is 13.2 Å². The normalized spacial score (nSPS) is 10.0. The number of rotatable bonds is 1. The average Bonchev–Trinajstić information content (AvgIpc) is 1.97. The van der Waals surface area contributed by atoms with Gasteiger partial charge in [0.2, 0.25) is 5.95 Å². The summed E-state index contributed by atoms with van der Waals surface area (Å²) in [5, 5.41) is -1.42. The number of carbonyl (C=O) groups is 1. The molecule has 12 heavy (non-hydrogen) atoms. The first kappa shape index (κ1) is 8.99. The number of hydrogen-bond donors (Lipinski definition) is 0. The van der Waals surface area contributed by atoms with Gasteiger partial charge in [0.15, 0.2) is 11.6 Å². The molecule has 0 atom stereocenters. The van der Waals surface area contributed by atoms with E-state index in [2.05, 4.69) is 4.98 Å². The third-order valence-electron chi connectivity index (χ3n) is 1.12. The highest BCUT2D eigenvalue weighted by atomic mass is 35.5. The van der Waals surface area contributed by atoms with Crippen LogP contribution < -0.4 is 0 Å². The first-order valence-corrected chi connectivity index (χ1v) is 3.11. The van der Waals surface area contributed by atoms with E-state index in [1.165, 1.54) is 0 Å². The van der Waals surface area contributed by atoms with Crippen molar-refractivity contribution in [3.05, 3.63) is 29.3 Å². The smallest absolute Gasteiger partial charge is 0.260 e. The zero-order valence-corrected chi connectivity index (χ0v) is 6.20. The van der Waals surface area contributed by atoms with Crippen molar-refractivity contribution in [2.24, 2.45) is 0 Å². The standard InChI is InChI=1S/C6HClF3NO/c7-5(12)3-4(9)2(8)1-11-6(3)10/h1H. The second kappa shape index (κ2) is 3.10. The molecule has 0 aliphatic rings. The number of aromatic nitrogens is 1. The van der Waals surface area contributed by atoms with Crippen LogP contribution in [-0.4, -0.2) is 10.2 Å². The van der Waals surface area contributed by atoms with E-state index in [0.717, 1.165) is 0 Å². The van der Waals surface area contributed by atoms with Crippen molar-refractivity contribution in [3.8, 4) is 0 Å². The van der Waals surface area contributed by atoms with Crippen LogP contribution in [0.25, 0.3) is 0 Å². The summed E-state index contributed by atoms with van der Waals surface area (Å²) in [7, 11) is 0. The van der Waals surface area contributed by atoms with Crippen LogP contribution in [-0.2, 0) is 0 Å². The summed E-state index contributed by atoms with van der Waals surface area (Å²) in [5.41, 5.74) is -1.17. The molecule has 1 aromatic heterocycles. The maximum absolute atomic E-state index is 12.6.